The second kappa shape index (κ2) is 1.93. The van der Waals surface area contributed by atoms with E-state index in [-0.39, 0.29) is 12.1 Å². The number of hydrogen-bond acceptors (Lipinski definition) is 2. The second-order valence-corrected chi connectivity index (χ2v) is 2.50. The van der Waals surface area contributed by atoms with Crippen LogP contribution in [0.25, 0.3) is 0 Å². The van der Waals surface area contributed by atoms with Gasteiger partial charge in [0.1, 0.15) is 6.61 Å². The van der Waals surface area contributed by atoms with Crippen molar-refractivity contribution < 1.29 is 9.53 Å². The summed E-state index contributed by atoms with van der Waals surface area (Å²) in [5, 5.41) is 0. The van der Waals surface area contributed by atoms with Gasteiger partial charge < -0.3 is 4.74 Å². The van der Waals surface area contributed by atoms with Gasteiger partial charge >= 0.3 is 6.09 Å². The Morgan fingerprint density at radius 2 is 2.62 bits per heavy atom. The highest BCUT2D eigenvalue weighted by Gasteiger charge is 2.26. The fraction of sp³-hybridized carbons (Fsp3) is 0.750. The van der Waals surface area contributed by atoms with Gasteiger partial charge in [-0.1, -0.05) is 0 Å². The summed E-state index contributed by atoms with van der Waals surface area (Å²) >= 11 is 3.03. The predicted octanol–water partition coefficient (Wildman–Crippen LogP) is 1.14. The summed E-state index contributed by atoms with van der Waals surface area (Å²) in [6.07, 6.45) is -0.294. The van der Waals surface area contributed by atoms with Crippen LogP contribution < -0.4 is 0 Å². The molecule has 0 aromatic heterocycles. The van der Waals surface area contributed by atoms with Gasteiger partial charge in [-0.3, -0.25) is 0 Å². The molecule has 0 saturated carbocycles. The van der Waals surface area contributed by atoms with Gasteiger partial charge in [0, 0.05) is 0 Å². The maximum absolute atomic E-state index is 10.4. The van der Waals surface area contributed by atoms with Crippen LogP contribution in [-0.2, 0) is 4.74 Å². The lowest BCUT2D eigenvalue weighted by Crippen LogP contribution is -2.19. The van der Waals surface area contributed by atoms with Gasteiger partial charge in [0.2, 0.25) is 0 Å². The Morgan fingerprint density at radius 3 is 2.75 bits per heavy atom. The first-order valence-corrected chi connectivity index (χ1v) is 3.04. The van der Waals surface area contributed by atoms with Gasteiger partial charge in [-0.25, -0.2) is 8.72 Å². The molecule has 1 rings (SSSR count). The van der Waals surface area contributed by atoms with Crippen molar-refractivity contribution in [2.75, 3.05) is 6.61 Å². The van der Waals surface area contributed by atoms with Crippen LogP contribution in [0.3, 0.4) is 0 Å². The Labute approximate surface area is 55.9 Å². The minimum absolute atomic E-state index is 0.169. The van der Waals surface area contributed by atoms with E-state index in [1.165, 1.54) is 3.93 Å². The standard InChI is InChI=1S/C4H6BrNO2/c1-3-2-8-4(7)6(3)5/h3H,2H2,1H3. The topological polar surface area (TPSA) is 29.5 Å². The zero-order valence-corrected chi connectivity index (χ0v) is 6.01. The van der Waals surface area contributed by atoms with Gasteiger partial charge in [0.15, 0.2) is 0 Å². The molecule has 1 fully saturated rings. The molecule has 1 atom stereocenters. The lowest BCUT2D eigenvalue weighted by Gasteiger charge is -2.04. The second-order valence-electron chi connectivity index (χ2n) is 1.74. The van der Waals surface area contributed by atoms with E-state index in [1.54, 1.807) is 0 Å². The normalized spacial score (nSPS) is 28.5. The minimum Gasteiger partial charge on any atom is -0.447 e. The van der Waals surface area contributed by atoms with Crippen LogP contribution >= 0.6 is 16.1 Å². The molecule has 4 heteroatoms. The number of cyclic esters (lactones) is 1. The molecule has 1 heterocycles. The number of carbonyl (C=O) groups excluding carboxylic acids is 1. The molecule has 0 N–H and O–H groups in total. The van der Waals surface area contributed by atoms with Crippen molar-refractivity contribution in [1.29, 1.82) is 0 Å². The van der Waals surface area contributed by atoms with E-state index in [0.29, 0.717) is 6.61 Å². The lowest BCUT2D eigenvalue weighted by atomic mass is 10.4. The summed E-state index contributed by atoms with van der Waals surface area (Å²) in [4.78, 5) is 10.4. The Kier molecular flexibility index (Phi) is 1.42. The van der Waals surface area contributed by atoms with Crippen LogP contribution in [0.1, 0.15) is 6.92 Å². The lowest BCUT2D eigenvalue weighted by molar-refractivity contribution is 0.171. The monoisotopic (exact) mass is 179 g/mol. The molecule has 0 aromatic carbocycles. The predicted molar refractivity (Wildman–Crippen MR) is 31.6 cm³/mol. The molecule has 1 saturated heterocycles. The number of ether oxygens (including phenoxy) is 1. The van der Waals surface area contributed by atoms with E-state index < -0.39 is 0 Å². The zero-order valence-electron chi connectivity index (χ0n) is 4.43. The summed E-state index contributed by atoms with van der Waals surface area (Å²) in [5.74, 6) is 0. The summed E-state index contributed by atoms with van der Waals surface area (Å²) in [6, 6.07) is 0.169. The molecule has 46 valence electrons. The molecule has 1 unspecified atom stereocenters. The molecule has 0 radical (unpaired) electrons. The molecular formula is C4H6BrNO2. The summed E-state index contributed by atoms with van der Waals surface area (Å²) in [6.45, 7) is 2.39. The summed E-state index contributed by atoms with van der Waals surface area (Å²) in [5.41, 5.74) is 0. The summed E-state index contributed by atoms with van der Waals surface area (Å²) in [7, 11) is 0. The first-order valence-electron chi connectivity index (χ1n) is 2.33. The van der Waals surface area contributed by atoms with E-state index in [9.17, 15) is 4.79 Å². The van der Waals surface area contributed by atoms with Crippen molar-refractivity contribution >= 4 is 22.2 Å². The smallest absolute Gasteiger partial charge is 0.420 e. The van der Waals surface area contributed by atoms with E-state index in [2.05, 4.69) is 20.9 Å². The van der Waals surface area contributed by atoms with Crippen LogP contribution in [0.5, 0.6) is 0 Å². The van der Waals surface area contributed by atoms with Crippen molar-refractivity contribution in [3.63, 3.8) is 0 Å². The third-order valence-electron chi connectivity index (χ3n) is 1.01. The fourth-order valence-corrected chi connectivity index (χ4v) is 0.720. The molecule has 0 aromatic rings. The third-order valence-corrected chi connectivity index (χ3v) is 2.00. The first-order chi connectivity index (χ1) is 3.72. The van der Waals surface area contributed by atoms with E-state index in [1.807, 2.05) is 6.92 Å². The van der Waals surface area contributed by atoms with Crippen molar-refractivity contribution in [1.82, 2.24) is 3.93 Å². The van der Waals surface area contributed by atoms with Gasteiger partial charge in [-0.2, -0.15) is 0 Å². The Bertz CT molecular complexity index is 117. The SMILES string of the molecule is CC1COC(=O)N1Br. The Morgan fingerprint density at radius 1 is 2.00 bits per heavy atom. The largest absolute Gasteiger partial charge is 0.447 e. The van der Waals surface area contributed by atoms with Crippen molar-refractivity contribution in [2.45, 2.75) is 13.0 Å². The number of halogens is 1. The van der Waals surface area contributed by atoms with Gasteiger partial charge in [-0.05, 0) is 6.92 Å². The number of carbonyl (C=O) groups is 1. The highest BCUT2D eigenvalue weighted by Crippen LogP contribution is 2.14. The molecule has 1 aliphatic rings. The zero-order chi connectivity index (χ0) is 6.15. The van der Waals surface area contributed by atoms with Gasteiger partial charge in [0.25, 0.3) is 0 Å². The molecule has 8 heavy (non-hydrogen) atoms. The van der Waals surface area contributed by atoms with Crippen LogP contribution in [0.15, 0.2) is 0 Å². The average Bonchev–Trinajstić information content (AvgIpc) is 1.98. The van der Waals surface area contributed by atoms with Crippen molar-refractivity contribution in [3.05, 3.63) is 0 Å². The van der Waals surface area contributed by atoms with Crippen LogP contribution in [0.2, 0.25) is 0 Å². The summed E-state index contributed by atoms with van der Waals surface area (Å²) < 4.78 is 6.01. The van der Waals surface area contributed by atoms with Gasteiger partial charge in [-0.15, -0.1) is 0 Å². The van der Waals surface area contributed by atoms with Crippen LogP contribution in [-0.4, -0.2) is 22.7 Å². The van der Waals surface area contributed by atoms with Crippen LogP contribution in [0, 0.1) is 0 Å². The number of nitrogens with zero attached hydrogens (tertiary/aromatic N) is 1. The third kappa shape index (κ3) is 0.798. The average molecular weight is 180 g/mol. The Hall–Kier alpha value is -0.250. The van der Waals surface area contributed by atoms with Crippen LogP contribution in [0.4, 0.5) is 4.79 Å². The molecule has 3 nitrogen and oxygen atoms in total. The van der Waals surface area contributed by atoms with Crippen molar-refractivity contribution in [2.24, 2.45) is 0 Å². The molecule has 0 bridgehead atoms. The molecule has 1 aliphatic heterocycles. The number of amides is 1. The Balaban J connectivity index is 2.56. The van der Waals surface area contributed by atoms with Gasteiger partial charge in [0.05, 0.1) is 22.2 Å². The minimum atomic E-state index is -0.294. The van der Waals surface area contributed by atoms with E-state index >= 15 is 0 Å². The first kappa shape index (κ1) is 5.88. The molecule has 0 spiro atoms. The highest BCUT2D eigenvalue weighted by molar-refractivity contribution is 9.07. The number of rotatable bonds is 0. The maximum Gasteiger partial charge on any atom is 0.420 e. The molecule has 1 amide bonds. The maximum atomic E-state index is 10.4. The van der Waals surface area contributed by atoms with E-state index in [4.69, 9.17) is 0 Å². The van der Waals surface area contributed by atoms with E-state index in [0.717, 1.165) is 0 Å². The molecule has 0 aliphatic carbocycles. The fourth-order valence-electron chi connectivity index (χ4n) is 0.499. The van der Waals surface area contributed by atoms with Crippen molar-refractivity contribution in [3.8, 4) is 0 Å². The molecular weight excluding hydrogens is 174 g/mol. The quantitative estimate of drug-likeness (QED) is 0.523. The number of hydrogen-bond donors (Lipinski definition) is 0. The highest BCUT2D eigenvalue weighted by atomic mass is 79.9.